The van der Waals surface area contributed by atoms with E-state index in [1.54, 1.807) is 0 Å². The third-order valence-electron chi connectivity index (χ3n) is 3.09. The summed E-state index contributed by atoms with van der Waals surface area (Å²) in [4.78, 5) is 11.0. The number of hydrogen-bond donors (Lipinski definition) is 1. The van der Waals surface area contributed by atoms with Crippen LogP contribution in [0.1, 0.15) is 11.1 Å². The van der Waals surface area contributed by atoms with E-state index in [-0.39, 0.29) is 0 Å². The van der Waals surface area contributed by atoms with Crippen molar-refractivity contribution in [2.24, 2.45) is 0 Å². The fourth-order valence-electron chi connectivity index (χ4n) is 2.13. The summed E-state index contributed by atoms with van der Waals surface area (Å²) in [6.07, 6.45) is 3.99. The number of rotatable bonds is 6. The number of benzene rings is 2. The maximum absolute atomic E-state index is 11.0. The molecule has 1 atom stereocenters. The van der Waals surface area contributed by atoms with Crippen LogP contribution in [-0.4, -0.2) is 6.16 Å². The summed E-state index contributed by atoms with van der Waals surface area (Å²) in [6.45, 7) is 0. The van der Waals surface area contributed by atoms with Crippen LogP contribution in [0.5, 0.6) is 0 Å². The minimum atomic E-state index is -1.86. The van der Waals surface area contributed by atoms with Crippen molar-refractivity contribution < 1.29 is 4.89 Å². The van der Waals surface area contributed by atoms with Crippen LogP contribution in [0, 0.1) is 5.16 Å². The van der Waals surface area contributed by atoms with Gasteiger partial charge in [-0.3, -0.25) is 0 Å². The number of hydrogen-bond acceptors (Lipinski definition) is 2. The van der Waals surface area contributed by atoms with Gasteiger partial charge in [0.05, 0.1) is 0 Å². The molecule has 3 heteroatoms. The van der Waals surface area contributed by atoms with Crippen molar-refractivity contribution >= 4 is 7.94 Å². The third kappa shape index (κ3) is 5.08. The summed E-state index contributed by atoms with van der Waals surface area (Å²) in [7, 11) is -1.86. The fourth-order valence-corrected chi connectivity index (χ4v) is 2.56. The van der Waals surface area contributed by atoms with E-state index in [1.807, 2.05) is 42.5 Å². The number of nitrogens with one attached hydrogen (secondary N) is 1. The van der Waals surface area contributed by atoms with Crippen LogP contribution < -0.4 is 4.89 Å². The van der Waals surface area contributed by atoms with Gasteiger partial charge in [-0.05, 0) is 30.0 Å². The molecule has 0 bridgehead atoms. The van der Waals surface area contributed by atoms with Gasteiger partial charge >= 0.3 is 0 Å². The standard InChI is InChI=1S/C17H18NOP/c18-20(19)12-11-17(13-15-7-3-1-4-8-15)14-16-9-5-2-6-10-16/h1-11,18H,12-14H2. The molecule has 2 rings (SSSR count). The van der Waals surface area contributed by atoms with E-state index in [9.17, 15) is 4.89 Å². The van der Waals surface area contributed by atoms with Gasteiger partial charge in [-0.25, -0.2) is 0 Å². The largest absolute Gasteiger partial charge is 0.612 e. The van der Waals surface area contributed by atoms with Crippen LogP contribution in [0.4, 0.5) is 0 Å². The summed E-state index contributed by atoms with van der Waals surface area (Å²) in [5, 5.41) is 7.20. The molecule has 0 aliphatic rings. The molecule has 0 aliphatic heterocycles. The number of allylic oxidation sites excluding steroid dienone is 2. The summed E-state index contributed by atoms with van der Waals surface area (Å²) in [6, 6.07) is 20.5. The molecular weight excluding hydrogens is 265 g/mol. The summed E-state index contributed by atoms with van der Waals surface area (Å²) >= 11 is 0. The molecule has 2 nitrogen and oxygen atoms in total. The molecule has 0 spiro atoms. The zero-order valence-electron chi connectivity index (χ0n) is 11.3. The van der Waals surface area contributed by atoms with Gasteiger partial charge in [-0.2, -0.15) is 0 Å². The summed E-state index contributed by atoms with van der Waals surface area (Å²) in [5.41, 5.74) is 3.71. The van der Waals surface area contributed by atoms with E-state index in [4.69, 9.17) is 5.16 Å². The normalized spacial score (nSPS) is 10.9. The van der Waals surface area contributed by atoms with Crippen molar-refractivity contribution in [2.45, 2.75) is 12.8 Å². The lowest BCUT2D eigenvalue weighted by Crippen LogP contribution is -1.98. The molecule has 2 aromatic carbocycles. The molecule has 0 amide bonds. The summed E-state index contributed by atoms with van der Waals surface area (Å²) < 4.78 is 0. The first kappa shape index (κ1) is 14.6. The second kappa shape index (κ2) is 7.74. The van der Waals surface area contributed by atoms with E-state index >= 15 is 0 Å². The highest BCUT2D eigenvalue weighted by molar-refractivity contribution is 7.37. The van der Waals surface area contributed by atoms with Crippen LogP contribution in [0.2, 0.25) is 0 Å². The van der Waals surface area contributed by atoms with Crippen molar-refractivity contribution in [1.29, 1.82) is 5.16 Å². The van der Waals surface area contributed by atoms with Crippen LogP contribution in [-0.2, 0) is 12.8 Å². The van der Waals surface area contributed by atoms with Gasteiger partial charge in [0.2, 0.25) is 0 Å². The minimum absolute atomic E-state index is 0.338. The van der Waals surface area contributed by atoms with Gasteiger partial charge in [-0.1, -0.05) is 66.2 Å². The van der Waals surface area contributed by atoms with Crippen molar-refractivity contribution in [3.8, 4) is 0 Å². The van der Waals surface area contributed by atoms with E-state index < -0.39 is 7.94 Å². The zero-order valence-corrected chi connectivity index (χ0v) is 12.2. The summed E-state index contributed by atoms with van der Waals surface area (Å²) in [5.74, 6) is 0. The molecule has 0 aromatic heterocycles. The average Bonchev–Trinajstić information content (AvgIpc) is 2.47. The lowest BCUT2D eigenvalue weighted by atomic mass is 9.98. The van der Waals surface area contributed by atoms with Gasteiger partial charge < -0.3 is 4.89 Å². The lowest BCUT2D eigenvalue weighted by molar-refractivity contribution is -0.155. The van der Waals surface area contributed by atoms with Crippen molar-refractivity contribution in [3.05, 3.63) is 83.4 Å². The second-order valence-corrected chi connectivity index (χ2v) is 5.87. The average molecular weight is 283 g/mol. The molecule has 0 heterocycles. The quantitative estimate of drug-likeness (QED) is 0.634. The van der Waals surface area contributed by atoms with Gasteiger partial charge in [0.1, 0.15) is 6.16 Å². The molecule has 0 saturated heterocycles. The molecule has 0 fully saturated rings. The topological polar surface area (TPSA) is 46.9 Å². The molecular formula is C17H18NOP. The molecule has 1 unspecified atom stereocenters. The molecule has 2 aromatic rings. The molecule has 0 radical (unpaired) electrons. The predicted octanol–water partition coefficient (Wildman–Crippen LogP) is 3.92. The Balaban J connectivity index is 2.12. The highest BCUT2D eigenvalue weighted by Gasteiger charge is 2.03. The molecule has 20 heavy (non-hydrogen) atoms. The van der Waals surface area contributed by atoms with Crippen molar-refractivity contribution in [3.63, 3.8) is 0 Å². The van der Waals surface area contributed by atoms with Gasteiger partial charge in [-0.15, -0.1) is 5.16 Å². The second-order valence-electron chi connectivity index (χ2n) is 4.75. The van der Waals surface area contributed by atoms with E-state index in [0.717, 1.165) is 12.8 Å². The molecule has 102 valence electrons. The Morgan fingerprint density at radius 3 is 1.75 bits per heavy atom. The molecule has 0 saturated carbocycles. The predicted molar refractivity (Wildman–Crippen MR) is 82.9 cm³/mol. The Labute approximate surface area is 121 Å². The van der Waals surface area contributed by atoms with Crippen molar-refractivity contribution in [1.82, 2.24) is 0 Å². The highest BCUT2D eigenvalue weighted by atomic mass is 31.1. The maximum Gasteiger partial charge on any atom is 0.163 e. The van der Waals surface area contributed by atoms with E-state index in [1.165, 1.54) is 16.7 Å². The first-order valence-corrected chi connectivity index (χ1v) is 8.10. The molecule has 0 aliphatic carbocycles. The van der Waals surface area contributed by atoms with Gasteiger partial charge in [0.15, 0.2) is 7.94 Å². The van der Waals surface area contributed by atoms with Crippen LogP contribution >= 0.6 is 7.94 Å². The zero-order chi connectivity index (χ0) is 14.2. The minimum Gasteiger partial charge on any atom is -0.612 e. The maximum atomic E-state index is 11.0. The first-order chi connectivity index (χ1) is 9.74. The Morgan fingerprint density at radius 2 is 1.35 bits per heavy atom. The van der Waals surface area contributed by atoms with E-state index in [2.05, 4.69) is 24.3 Å². The fraction of sp³-hybridized carbons (Fsp3) is 0.176. The Morgan fingerprint density at radius 1 is 0.900 bits per heavy atom. The van der Waals surface area contributed by atoms with Gasteiger partial charge in [0, 0.05) is 0 Å². The van der Waals surface area contributed by atoms with Crippen molar-refractivity contribution in [2.75, 3.05) is 6.16 Å². The highest BCUT2D eigenvalue weighted by Crippen LogP contribution is 2.17. The monoisotopic (exact) mass is 283 g/mol. The van der Waals surface area contributed by atoms with Crippen LogP contribution in [0.15, 0.2) is 72.3 Å². The van der Waals surface area contributed by atoms with E-state index in [0.29, 0.717) is 6.16 Å². The Bertz CT molecular complexity index is 535. The van der Waals surface area contributed by atoms with Gasteiger partial charge in [0.25, 0.3) is 0 Å². The SMILES string of the molecule is N=[P+]([O-])CC=C(Cc1ccccc1)Cc1ccccc1. The Hall–Kier alpha value is -1.76. The first-order valence-electron chi connectivity index (χ1n) is 6.65. The van der Waals surface area contributed by atoms with Crippen LogP contribution in [0.3, 0.4) is 0 Å². The molecule has 1 N–H and O–H groups in total. The lowest BCUT2D eigenvalue weighted by Gasteiger charge is -2.08. The Kier molecular flexibility index (Phi) is 5.67. The van der Waals surface area contributed by atoms with Crippen LogP contribution in [0.25, 0.3) is 0 Å². The smallest absolute Gasteiger partial charge is 0.163 e. The third-order valence-corrected chi connectivity index (χ3v) is 3.61.